The SMILES string of the molecule is CC(C)(C)c1ccc(S(=O)(=O)N2CCN(c3cccc(F)c3)CC2)cc1. The summed E-state index contributed by atoms with van der Waals surface area (Å²) < 4.78 is 40.7. The van der Waals surface area contributed by atoms with Gasteiger partial charge in [0.05, 0.1) is 4.90 Å². The molecule has 3 rings (SSSR count). The third-order valence-electron chi connectivity index (χ3n) is 4.77. The summed E-state index contributed by atoms with van der Waals surface area (Å²) in [6, 6.07) is 13.6. The molecule has 2 aromatic rings. The summed E-state index contributed by atoms with van der Waals surface area (Å²) in [5.74, 6) is -0.281. The van der Waals surface area contributed by atoms with Crippen molar-refractivity contribution in [2.24, 2.45) is 0 Å². The Bertz CT molecular complexity index is 865. The number of sulfonamides is 1. The van der Waals surface area contributed by atoms with Crippen LogP contribution in [0.1, 0.15) is 26.3 Å². The molecule has 2 aromatic carbocycles. The molecule has 0 amide bonds. The van der Waals surface area contributed by atoms with Crippen LogP contribution in [0.5, 0.6) is 0 Å². The highest BCUT2D eigenvalue weighted by Crippen LogP contribution is 2.26. The molecule has 0 aromatic heterocycles. The van der Waals surface area contributed by atoms with Crippen LogP contribution in [0.4, 0.5) is 10.1 Å². The number of hydrogen-bond acceptors (Lipinski definition) is 3. The third-order valence-corrected chi connectivity index (χ3v) is 6.68. The van der Waals surface area contributed by atoms with Crippen molar-refractivity contribution < 1.29 is 12.8 Å². The lowest BCUT2D eigenvalue weighted by Gasteiger charge is -2.35. The van der Waals surface area contributed by atoms with E-state index in [0.29, 0.717) is 31.1 Å². The van der Waals surface area contributed by atoms with Gasteiger partial charge >= 0.3 is 0 Å². The van der Waals surface area contributed by atoms with Gasteiger partial charge in [-0.05, 0) is 41.3 Å². The van der Waals surface area contributed by atoms with Crippen molar-refractivity contribution in [1.82, 2.24) is 4.31 Å². The number of nitrogens with zero attached hydrogens (tertiary/aromatic N) is 2. The number of piperazine rings is 1. The highest BCUT2D eigenvalue weighted by Gasteiger charge is 2.29. The Morgan fingerprint density at radius 1 is 0.923 bits per heavy atom. The predicted octanol–water partition coefficient (Wildman–Crippen LogP) is 3.63. The topological polar surface area (TPSA) is 40.6 Å². The summed E-state index contributed by atoms with van der Waals surface area (Å²) in [5.41, 5.74) is 1.88. The average molecular weight is 376 g/mol. The van der Waals surface area contributed by atoms with Crippen LogP contribution in [0.15, 0.2) is 53.4 Å². The molecular formula is C20H25FN2O2S. The summed E-state index contributed by atoms with van der Waals surface area (Å²) in [4.78, 5) is 2.34. The molecule has 0 radical (unpaired) electrons. The van der Waals surface area contributed by atoms with Gasteiger partial charge in [0.2, 0.25) is 10.0 Å². The molecule has 0 bridgehead atoms. The number of benzene rings is 2. The van der Waals surface area contributed by atoms with Crippen molar-refractivity contribution in [3.05, 3.63) is 59.9 Å². The lowest BCUT2D eigenvalue weighted by Crippen LogP contribution is -2.48. The summed E-state index contributed by atoms with van der Waals surface area (Å²) in [6.07, 6.45) is 0. The van der Waals surface area contributed by atoms with Crippen molar-refractivity contribution in [3.8, 4) is 0 Å². The van der Waals surface area contributed by atoms with Crippen LogP contribution < -0.4 is 4.90 Å². The monoisotopic (exact) mass is 376 g/mol. The fourth-order valence-electron chi connectivity index (χ4n) is 3.14. The van der Waals surface area contributed by atoms with Crippen LogP contribution in [-0.2, 0) is 15.4 Å². The van der Waals surface area contributed by atoms with E-state index in [2.05, 4.69) is 20.8 Å². The van der Waals surface area contributed by atoms with Gasteiger partial charge in [-0.25, -0.2) is 12.8 Å². The Morgan fingerprint density at radius 3 is 2.08 bits per heavy atom. The minimum absolute atomic E-state index is 0.0150. The van der Waals surface area contributed by atoms with E-state index in [9.17, 15) is 12.8 Å². The van der Waals surface area contributed by atoms with E-state index in [4.69, 9.17) is 0 Å². The minimum Gasteiger partial charge on any atom is -0.369 e. The van der Waals surface area contributed by atoms with Gasteiger partial charge in [0.1, 0.15) is 5.82 Å². The maximum atomic E-state index is 13.4. The fourth-order valence-corrected chi connectivity index (χ4v) is 4.56. The summed E-state index contributed by atoms with van der Waals surface area (Å²) in [7, 11) is -3.51. The van der Waals surface area contributed by atoms with Crippen molar-refractivity contribution in [1.29, 1.82) is 0 Å². The van der Waals surface area contributed by atoms with Gasteiger partial charge in [0.15, 0.2) is 0 Å². The van der Waals surface area contributed by atoms with Crippen LogP contribution in [0.2, 0.25) is 0 Å². The first kappa shape index (κ1) is 18.9. The molecule has 0 spiro atoms. The first-order chi connectivity index (χ1) is 12.2. The number of halogens is 1. The Labute approximate surface area is 155 Å². The predicted molar refractivity (Wildman–Crippen MR) is 103 cm³/mol. The first-order valence-electron chi connectivity index (χ1n) is 8.79. The molecule has 1 aliphatic rings. The highest BCUT2D eigenvalue weighted by molar-refractivity contribution is 7.89. The summed E-state index contributed by atoms with van der Waals surface area (Å²) >= 11 is 0. The van der Waals surface area contributed by atoms with Crippen molar-refractivity contribution >= 4 is 15.7 Å². The molecule has 1 heterocycles. The largest absolute Gasteiger partial charge is 0.369 e. The van der Waals surface area contributed by atoms with Gasteiger partial charge in [-0.1, -0.05) is 39.0 Å². The maximum Gasteiger partial charge on any atom is 0.243 e. The quantitative estimate of drug-likeness (QED) is 0.821. The van der Waals surface area contributed by atoms with E-state index in [0.717, 1.165) is 11.3 Å². The minimum atomic E-state index is -3.51. The molecule has 1 fully saturated rings. The molecule has 0 N–H and O–H groups in total. The van der Waals surface area contributed by atoms with Crippen LogP contribution >= 0.6 is 0 Å². The zero-order chi connectivity index (χ0) is 18.9. The molecule has 6 heteroatoms. The summed E-state index contributed by atoms with van der Waals surface area (Å²) in [5, 5.41) is 0. The second-order valence-corrected chi connectivity index (χ2v) is 9.58. The van der Waals surface area contributed by atoms with Crippen LogP contribution in [0.3, 0.4) is 0 Å². The standard InChI is InChI=1S/C20H25FN2O2S/c1-20(2,3)16-7-9-19(10-8-16)26(24,25)23-13-11-22(12-14-23)18-6-4-5-17(21)15-18/h4-10,15H,11-14H2,1-3H3. The van der Waals surface area contributed by atoms with Crippen LogP contribution in [0, 0.1) is 5.82 Å². The zero-order valence-electron chi connectivity index (χ0n) is 15.4. The van der Waals surface area contributed by atoms with Gasteiger partial charge in [0, 0.05) is 31.9 Å². The molecule has 1 aliphatic heterocycles. The lowest BCUT2D eigenvalue weighted by atomic mass is 9.87. The molecule has 140 valence electrons. The molecular weight excluding hydrogens is 351 g/mol. The maximum absolute atomic E-state index is 13.4. The van der Waals surface area contributed by atoms with Crippen molar-refractivity contribution in [2.75, 3.05) is 31.1 Å². The molecule has 26 heavy (non-hydrogen) atoms. The Balaban J connectivity index is 1.72. The van der Waals surface area contributed by atoms with Gasteiger partial charge in [-0.3, -0.25) is 0 Å². The second kappa shape index (κ2) is 7.00. The molecule has 4 nitrogen and oxygen atoms in total. The average Bonchev–Trinajstić information content (AvgIpc) is 2.61. The number of hydrogen-bond donors (Lipinski definition) is 0. The smallest absolute Gasteiger partial charge is 0.243 e. The normalized spacial score (nSPS) is 16.7. The summed E-state index contributed by atoms with van der Waals surface area (Å²) in [6.45, 7) is 8.16. The van der Waals surface area contributed by atoms with E-state index in [1.165, 1.54) is 16.4 Å². The highest BCUT2D eigenvalue weighted by atomic mass is 32.2. The van der Waals surface area contributed by atoms with Gasteiger partial charge in [0.25, 0.3) is 0 Å². The lowest BCUT2D eigenvalue weighted by molar-refractivity contribution is 0.384. The molecule has 0 unspecified atom stereocenters. The Hall–Kier alpha value is -1.92. The molecule has 1 saturated heterocycles. The fraction of sp³-hybridized carbons (Fsp3) is 0.400. The molecule has 0 saturated carbocycles. The molecule has 0 aliphatic carbocycles. The van der Waals surface area contributed by atoms with Crippen LogP contribution in [-0.4, -0.2) is 38.9 Å². The second-order valence-electron chi connectivity index (χ2n) is 7.65. The van der Waals surface area contributed by atoms with Crippen molar-refractivity contribution in [3.63, 3.8) is 0 Å². The van der Waals surface area contributed by atoms with E-state index in [1.807, 2.05) is 23.1 Å². The first-order valence-corrected chi connectivity index (χ1v) is 10.2. The van der Waals surface area contributed by atoms with E-state index >= 15 is 0 Å². The number of rotatable bonds is 3. The zero-order valence-corrected chi connectivity index (χ0v) is 16.3. The van der Waals surface area contributed by atoms with Gasteiger partial charge < -0.3 is 4.90 Å². The number of anilines is 1. The third kappa shape index (κ3) is 3.91. The van der Waals surface area contributed by atoms with E-state index in [1.54, 1.807) is 18.2 Å². The van der Waals surface area contributed by atoms with Crippen molar-refractivity contribution in [2.45, 2.75) is 31.1 Å². The van der Waals surface area contributed by atoms with E-state index in [-0.39, 0.29) is 11.2 Å². The van der Waals surface area contributed by atoms with Crippen LogP contribution in [0.25, 0.3) is 0 Å². The van der Waals surface area contributed by atoms with Gasteiger partial charge in [-0.15, -0.1) is 0 Å². The van der Waals surface area contributed by atoms with E-state index < -0.39 is 10.0 Å². The van der Waals surface area contributed by atoms with Gasteiger partial charge in [-0.2, -0.15) is 4.31 Å². The Morgan fingerprint density at radius 2 is 1.54 bits per heavy atom. The molecule has 0 atom stereocenters. The Kier molecular flexibility index (Phi) is 5.08.